The molecule has 9 heteroatoms. The van der Waals surface area contributed by atoms with Crippen LogP contribution in [0.5, 0.6) is 5.75 Å². The molecule has 0 bridgehead atoms. The minimum atomic E-state index is 0.507. The number of benzene rings is 1. The van der Waals surface area contributed by atoms with Crippen molar-refractivity contribution < 1.29 is 4.74 Å². The lowest BCUT2D eigenvalue weighted by atomic mass is 9.99. The number of fused-ring (bicyclic) bond motifs is 2. The van der Waals surface area contributed by atoms with E-state index in [4.69, 9.17) is 20.4 Å². The summed E-state index contributed by atoms with van der Waals surface area (Å²) in [5, 5.41) is 0.535. The Morgan fingerprint density at radius 1 is 1.11 bits per heavy atom. The third-order valence-corrected chi connectivity index (χ3v) is 7.33. The Balaban J connectivity index is 1.56. The van der Waals surface area contributed by atoms with Gasteiger partial charge in [0, 0.05) is 35.1 Å². The number of rotatable bonds is 6. The fraction of sp³-hybridized carbons (Fsp3) is 0.429. The Hall–Kier alpha value is -3.30. The Kier molecular flexibility index (Phi) is 7.00. The number of anilines is 2. The van der Waals surface area contributed by atoms with Gasteiger partial charge in [-0.25, -0.2) is 19.9 Å². The zero-order chi connectivity index (χ0) is 26.3. The Labute approximate surface area is 222 Å². The molecule has 0 saturated heterocycles. The van der Waals surface area contributed by atoms with Gasteiger partial charge in [0.15, 0.2) is 5.13 Å². The molecule has 3 aromatic heterocycles. The number of nitrogens with two attached hydrogens (primary N) is 1. The lowest BCUT2D eigenvalue weighted by Gasteiger charge is -2.26. The highest BCUT2D eigenvalue weighted by Crippen LogP contribution is 2.36. The highest BCUT2D eigenvalue weighted by Gasteiger charge is 2.24. The Morgan fingerprint density at radius 2 is 1.92 bits per heavy atom. The molecule has 0 spiro atoms. The van der Waals surface area contributed by atoms with Crippen molar-refractivity contribution >= 4 is 32.6 Å². The van der Waals surface area contributed by atoms with Crippen molar-refractivity contribution in [3.63, 3.8) is 0 Å². The number of hydrogen-bond donors (Lipinski definition) is 1. The van der Waals surface area contributed by atoms with Crippen LogP contribution in [0.2, 0.25) is 0 Å². The average Bonchev–Trinajstić information content (AvgIpc) is 3.05. The van der Waals surface area contributed by atoms with Crippen LogP contribution in [-0.4, -0.2) is 52.1 Å². The third-order valence-electron chi connectivity index (χ3n) is 6.53. The zero-order valence-corrected chi connectivity index (χ0v) is 23.3. The fourth-order valence-corrected chi connectivity index (χ4v) is 5.62. The minimum absolute atomic E-state index is 0.507. The van der Waals surface area contributed by atoms with E-state index in [1.165, 1.54) is 16.9 Å². The molecule has 1 aliphatic heterocycles. The lowest BCUT2D eigenvalue weighted by Crippen LogP contribution is -2.29. The summed E-state index contributed by atoms with van der Waals surface area (Å²) in [5.74, 6) is 3.34. The van der Waals surface area contributed by atoms with Crippen LogP contribution in [0.3, 0.4) is 0 Å². The van der Waals surface area contributed by atoms with Crippen molar-refractivity contribution in [2.75, 3.05) is 37.9 Å². The molecule has 37 heavy (non-hydrogen) atoms. The fourth-order valence-electron chi connectivity index (χ4n) is 4.96. The average molecular weight is 518 g/mol. The predicted molar refractivity (Wildman–Crippen MR) is 151 cm³/mol. The van der Waals surface area contributed by atoms with Gasteiger partial charge in [-0.2, -0.15) is 0 Å². The van der Waals surface area contributed by atoms with Gasteiger partial charge >= 0.3 is 0 Å². The first-order valence-electron chi connectivity index (χ1n) is 12.7. The summed E-state index contributed by atoms with van der Waals surface area (Å²) in [4.78, 5) is 24.3. The van der Waals surface area contributed by atoms with E-state index < -0.39 is 0 Å². The van der Waals surface area contributed by atoms with Gasteiger partial charge in [-0.1, -0.05) is 25.2 Å². The Bertz CT molecular complexity index is 1450. The number of thiazole rings is 1. The van der Waals surface area contributed by atoms with E-state index in [9.17, 15) is 0 Å². The predicted octanol–water partition coefficient (Wildman–Crippen LogP) is 5.01. The first-order chi connectivity index (χ1) is 17.7. The molecule has 0 saturated carbocycles. The van der Waals surface area contributed by atoms with Gasteiger partial charge in [-0.3, -0.25) is 0 Å². The van der Waals surface area contributed by atoms with Crippen LogP contribution in [0, 0.1) is 19.8 Å². The molecule has 5 rings (SSSR count). The van der Waals surface area contributed by atoms with Gasteiger partial charge in [0.1, 0.15) is 34.3 Å². The second kappa shape index (κ2) is 10.2. The molecular formula is C28H35N7OS. The van der Waals surface area contributed by atoms with Crippen molar-refractivity contribution in [2.24, 2.45) is 5.92 Å². The quantitative estimate of drug-likeness (QED) is 0.382. The number of pyridine rings is 1. The van der Waals surface area contributed by atoms with Crippen LogP contribution < -0.4 is 15.4 Å². The SMILES string of the molecule is Cc1cc(-c2cnc3sc(N)nc3c2)cc2c1OCCN(c1nc(CN(C)C)nc(C)c1CC(C)C)C2. The van der Waals surface area contributed by atoms with Gasteiger partial charge in [0.05, 0.1) is 13.1 Å². The number of nitrogens with zero attached hydrogens (tertiary/aromatic N) is 6. The van der Waals surface area contributed by atoms with E-state index in [0.717, 1.165) is 68.7 Å². The number of aryl methyl sites for hydroxylation is 2. The van der Waals surface area contributed by atoms with Crippen molar-refractivity contribution in [3.05, 3.63) is 52.6 Å². The van der Waals surface area contributed by atoms with Crippen molar-refractivity contribution in [3.8, 4) is 16.9 Å². The van der Waals surface area contributed by atoms with Crippen LogP contribution in [0.1, 0.15) is 42.1 Å². The van der Waals surface area contributed by atoms with Gasteiger partial charge < -0.3 is 20.3 Å². The number of aromatic nitrogens is 4. The number of ether oxygens (including phenoxy) is 1. The Morgan fingerprint density at radius 3 is 2.68 bits per heavy atom. The van der Waals surface area contributed by atoms with E-state index in [-0.39, 0.29) is 0 Å². The summed E-state index contributed by atoms with van der Waals surface area (Å²) in [6.07, 6.45) is 2.84. The standard InChI is InChI=1S/C28H35N7OS/c1-16(2)9-22-18(4)31-24(15-34(5)6)33-26(22)35-7-8-36-25-17(3)10-19(11-21(25)14-35)20-12-23-27(30-13-20)37-28(29)32-23/h10-13,16H,7-9,14-15H2,1-6H3,(H2,29,32). The summed E-state index contributed by atoms with van der Waals surface area (Å²) in [5.41, 5.74) is 13.4. The normalized spacial score (nSPS) is 13.8. The lowest BCUT2D eigenvalue weighted by molar-refractivity contribution is 0.329. The molecule has 0 amide bonds. The molecule has 4 aromatic rings. The van der Waals surface area contributed by atoms with E-state index in [1.54, 1.807) is 0 Å². The largest absolute Gasteiger partial charge is 0.491 e. The van der Waals surface area contributed by atoms with Crippen molar-refractivity contribution in [1.29, 1.82) is 0 Å². The second-order valence-corrected chi connectivity index (χ2v) is 11.5. The number of nitrogen functional groups attached to an aromatic ring is 1. The molecular weight excluding hydrogens is 482 g/mol. The van der Waals surface area contributed by atoms with Crippen LogP contribution in [0.15, 0.2) is 24.4 Å². The molecule has 0 fully saturated rings. The topological polar surface area (TPSA) is 93.3 Å². The maximum absolute atomic E-state index is 6.31. The highest BCUT2D eigenvalue weighted by atomic mass is 32.1. The molecule has 0 unspecified atom stereocenters. The van der Waals surface area contributed by atoms with Crippen molar-refractivity contribution in [1.82, 2.24) is 24.8 Å². The van der Waals surface area contributed by atoms with Gasteiger partial charge in [0.25, 0.3) is 0 Å². The smallest absolute Gasteiger partial charge is 0.182 e. The third kappa shape index (κ3) is 5.38. The zero-order valence-electron chi connectivity index (χ0n) is 22.5. The van der Waals surface area contributed by atoms with E-state index in [1.807, 2.05) is 20.3 Å². The monoisotopic (exact) mass is 517 g/mol. The molecule has 1 aliphatic rings. The summed E-state index contributed by atoms with van der Waals surface area (Å²) >= 11 is 1.41. The van der Waals surface area contributed by atoms with Crippen molar-refractivity contribution in [2.45, 2.75) is 47.2 Å². The van der Waals surface area contributed by atoms with Gasteiger partial charge in [-0.15, -0.1) is 0 Å². The van der Waals surface area contributed by atoms with E-state index in [0.29, 0.717) is 30.7 Å². The molecule has 194 valence electrons. The summed E-state index contributed by atoms with van der Waals surface area (Å²) in [6, 6.07) is 6.45. The number of hydrogen-bond acceptors (Lipinski definition) is 9. The summed E-state index contributed by atoms with van der Waals surface area (Å²) in [6.45, 7) is 11.5. The van der Waals surface area contributed by atoms with Gasteiger partial charge in [0.2, 0.25) is 0 Å². The van der Waals surface area contributed by atoms with E-state index in [2.05, 4.69) is 65.7 Å². The summed E-state index contributed by atoms with van der Waals surface area (Å²) < 4.78 is 6.31. The minimum Gasteiger partial charge on any atom is -0.491 e. The summed E-state index contributed by atoms with van der Waals surface area (Å²) in [7, 11) is 4.10. The molecule has 4 heterocycles. The van der Waals surface area contributed by atoms with E-state index >= 15 is 0 Å². The molecule has 0 aliphatic carbocycles. The molecule has 1 aromatic carbocycles. The van der Waals surface area contributed by atoms with Crippen LogP contribution in [0.4, 0.5) is 10.9 Å². The van der Waals surface area contributed by atoms with Crippen LogP contribution >= 0.6 is 11.3 Å². The van der Waals surface area contributed by atoms with Gasteiger partial charge in [-0.05, 0) is 69.6 Å². The maximum atomic E-state index is 6.31. The maximum Gasteiger partial charge on any atom is 0.182 e. The second-order valence-electron chi connectivity index (χ2n) is 10.5. The molecule has 0 radical (unpaired) electrons. The molecule has 8 nitrogen and oxygen atoms in total. The van der Waals surface area contributed by atoms with Crippen LogP contribution in [0.25, 0.3) is 21.5 Å². The van der Waals surface area contributed by atoms with Crippen LogP contribution in [-0.2, 0) is 19.5 Å². The first-order valence-corrected chi connectivity index (χ1v) is 13.5. The molecule has 2 N–H and O–H groups in total. The highest BCUT2D eigenvalue weighted by molar-refractivity contribution is 7.21. The molecule has 0 atom stereocenters. The first kappa shape index (κ1) is 25.4.